The Morgan fingerprint density at radius 2 is 2.47 bits per heavy atom. The van der Waals surface area contributed by atoms with Crippen LogP contribution in [-0.4, -0.2) is 39.4 Å². The Morgan fingerprint density at radius 3 is 3.07 bits per heavy atom. The summed E-state index contributed by atoms with van der Waals surface area (Å²) in [5.74, 6) is -0.475. The van der Waals surface area contributed by atoms with Gasteiger partial charge in [-0.2, -0.15) is 0 Å². The van der Waals surface area contributed by atoms with E-state index in [0.717, 1.165) is 0 Å². The van der Waals surface area contributed by atoms with Crippen molar-refractivity contribution in [3.05, 3.63) is 12.4 Å². The molecule has 0 saturated carbocycles. The molecule has 1 atom stereocenters. The van der Waals surface area contributed by atoms with Crippen LogP contribution < -0.4 is 10.6 Å². The zero-order valence-electron chi connectivity index (χ0n) is 8.01. The van der Waals surface area contributed by atoms with E-state index < -0.39 is 6.04 Å². The van der Waals surface area contributed by atoms with Gasteiger partial charge in [0.05, 0.1) is 25.2 Å². The van der Waals surface area contributed by atoms with Crippen LogP contribution in [0, 0.1) is 0 Å². The van der Waals surface area contributed by atoms with E-state index in [0.29, 0.717) is 13.1 Å². The molecule has 7 heteroatoms. The van der Waals surface area contributed by atoms with Crippen molar-refractivity contribution in [2.24, 2.45) is 0 Å². The zero-order chi connectivity index (χ0) is 10.7. The Labute approximate surface area is 85.8 Å². The Bertz CT molecular complexity index is 361. The van der Waals surface area contributed by atoms with Gasteiger partial charge < -0.3 is 5.32 Å². The molecule has 0 unspecified atom stereocenters. The minimum absolute atomic E-state index is 0.218. The highest BCUT2D eigenvalue weighted by molar-refractivity contribution is 6.05. The maximum Gasteiger partial charge on any atom is 0.244 e. The Balaban J connectivity index is 1.74. The van der Waals surface area contributed by atoms with Crippen LogP contribution in [0.5, 0.6) is 0 Å². The third kappa shape index (κ3) is 2.38. The fraction of sp³-hybridized carbons (Fsp3) is 0.500. The maximum absolute atomic E-state index is 11.1. The van der Waals surface area contributed by atoms with E-state index in [2.05, 4.69) is 20.9 Å². The smallest absolute Gasteiger partial charge is 0.244 e. The summed E-state index contributed by atoms with van der Waals surface area (Å²) in [6.45, 7) is 1.20. The van der Waals surface area contributed by atoms with E-state index >= 15 is 0 Å². The second kappa shape index (κ2) is 4.18. The molecule has 7 nitrogen and oxygen atoms in total. The van der Waals surface area contributed by atoms with Crippen molar-refractivity contribution in [3.63, 3.8) is 0 Å². The van der Waals surface area contributed by atoms with Crippen LogP contribution in [-0.2, 0) is 16.1 Å². The SMILES string of the molecule is O=C1C[C@H](NCCn2ccnn2)C(=O)N1. The molecule has 0 aliphatic carbocycles. The molecule has 1 aliphatic rings. The molecule has 0 aromatic carbocycles. The molecule has 0 radical (unpaired) electrons. The Hall–Kier alpha value is -1.76. The van der Waals surface area contributed by atoms with Gasteiger partial charge in [0.15, 0.2) is 0 Å². The molecule has 0 bridgehead atoms. The van der Waals surface area contributed by atoms with Crippen LogP contribution in [0.25, 0.3) is 0 Å². The highest BCUT2D eigenvalue weighted by atomic mass is 16.2. The standard InChI is InChI=1S/C8H11N5O2/c14-7-5-6(8(15)11-7)9-1-3-13-4-2-10-12-13/h2,4,6,9H,1,3,5H2,(H,11,14,15)/t6-/m0/s1. The van der Waals surface area contributed by atoms with Crippen LogP contribution in [0.3, 0.4) is 0 Å². The summed E-state index contributed by atoms with van der Waals surface area (Å²) in [6, 6.07) is -0.402. The van der Waals surface area contributed by atoms with Gasteiger partial charge in [-0.1, -0.05) is 5.21 Å². The minimum Gasteiger partial charge on any atom is -0.304 e. The van der Waals surface area contributed by atoms with Crippen molar-refractivity contribution in [2.45, 2.75) is 19.0 Å². The van der Waals surface area contributed by atoms with Gasteiger partial charge in [0, 0.05) is 12.7 Å². The summed E-state index contributed by atoms with van der Waals surface area (Å²) in [7, 11) is 0. The van der Waals surface area contributed by atoms with E-state index in [1.54, 1.807) is 17.1 Å². The normalized spacial score (nSPS) is 20.7. The van der Waals surface area contributed by atoms with Gasteiger partial charge in [0.1, 0.15) is 0 Å². The number of hydrogen-bond donors (Lipinski definition) is 2. The predicted octanol–water partition coefficient (Wildman–Crippen LogP) is -1.72. The van der Waals surface area contributed by atoms with Crippen LogP contribution in [0.2, 0.25) is 0 Å². The van der Waals surface area contributed by atoms with Crippen LogP contribution in [0.1, 0.15) is 6.42 Å². The molecule has 1 aromatic rings. The van der Waals surface area contributed by atoms with Gasteiger partial charge >= 0.3 is 0 Å². The highest BCUT2D eigenvalue weighted by Gasteiger charge is 2.29. The molecule has 2 N–H and O–H groups in total. The summed E-state index contributed by atoms with van der Waals surface area (Å²) in [5.41, 5.74) is 0. The Morgan fingerprint density at radius 1 is 1.60 bits per heavy atom. The number of aromatic nitrogens is 3. The van der Waals surface area contributed by atoms with E-state index in [-0.39, 0.29) is 18.2 Å². The van der Waals surface area contributed by atoms with Crippen molar-refractivity contribution in [1.29, 1.82) is 0 Å². The second-order valence-electron chi connectivity index (χ2n) is 3.29. The summed E-state index contributed by atoms with van der Waals surface area (Å²) >= 11 is 0. The van der Waals surface area contributed by atoms with Gasteiger partial charge in [-0.05, 0) is 0 Å². The lowest BCUT2D eigenvalue weighted by atomic mass is 10.2. The second-order valence-corrected chi connectivity index (χ2v) is 3.29. The molecule has 1 saturated heterocycles. The van der Waals surface area contributed by atoms with Crippen molar-refractivity contribution in [3.8, 4) is 0 Å². The van der Waals surface area contributed by atoms with Crippen molar-refractivity contribution >= 4 is 11.8 Å². The third-order valence-electron chi connectivity index (χ3n) is 2.17. The molecule has 2 amide bonds. The highest BCUT2D eigenvalue weighted by Crippen LogP contribution is 2.00. The first-order valence-electron chi connectivity index (χ1n) is 4.67. The number of nitrogens with zero attached hydrogens (tertiary/aromatic N) is 3. The molecular weight excluding hydrogens is 198 g/mol. The van der Waals surface area contributed by atoms with Gasteiger partial charge in [0.2, 0.25) is 11.8 Å². The summed E-state index contributed by atoms with van der Waals surface area (Å²) < 4.78 is 1.65. The largest absolute Gasteiger partial charge is 0.304 e. The number of imide groups is 1. The topological polar surface area (TPSA) is 88.9 Å². The molecule has 0 spiro atoms. The molecule has 80 valence electrons. The van der Waals surface area contributed by atoms with Crippen molar-refractivity contribution < 1.29 is 9.59 Å². The molecule has 1 fully saturated rings. The van der Waals surface area contributed by atoms with E-state index in [1.165, 1.54) is 0 Å². The predicted molar refractivity (Wildman–Crippen MR) is 49.6 cm³/mol. The monoisotopic (exact) mass is 209 g/mol. The number of rotatable bonds is 4. The minimum atomic E-state index is -0.402. The van der Waals surface area contributed by atoms with Gasteiger partial charge in [-0.25, -0.2) is 0 Å². The Kier molecular flexibility index (Phi) is 2.72. The fourth-order valence-electron chi connectivity index (χ4n) is 1.42. The first kappa shape index (κ1) is 9.78. The molecule has 1 aliphatic heterocycles. The van der Waals surface area contributed by atoms with Crippen molar-refractivity contribution in [1.82, 2.24) is 25.6 Å². The number of nitrogens with one attached hydrogen (secondary N) is 2. The van der Waals surface area contributed by atoms with Crippen LogP contribution >= 0.6 is 0 Å². The number of carbonyl (C=O) groups is 2. The average molecular weight is 209 g/mol. The lowest BCUT2D eigenvalue weighted by Crippen LogP contribution is -2.37. The number of hydrogen-bond acceptors (Lipinski definition) is 5. The van der Waals surface area contributed by atoms with E-state index in [9.17, 15) is 9.59 Å². The molecule has 1 aromatic heterocycles. The van der Waals surface area contributed by atoms with Crippen molar-refractivity contribution in [2.75, 3.05) is 6.54 Å². The first-order chi connectivity index (χ1) is 7.25. The molecule has 2 heterocycles. The summed E-state index contributed by atoms with van der Waals surface area (Å²) in [6.07, 6.45) is 3.55. The summed E-state index contributed by atoms with van der Waals surface area (Å²) in [5, 5.41) is 12.6. The van der Waals surface area contributed by atoms with Gasteiger partial charge in [-0.15, -0.1) is 5.10 Å². The third-order valence-corrected chi connectivity index (χ3v) is 2.17. The van der Waals surface area contributed by atoms with Gasteiger partial charge in [0.25, 0.3) is 0 Å². The van der Waals surface area contributed by atoms with E-state index in [1.807, 2.05) is 0 Å². The molecular formula is C8H11N5O2. The molecule has 2 rings (SSSR count). The summed E-state index contributed by atoms with van der Waals surface area (Å²) in [4.78, 5) is 22.0. The number of amides is 2. The quantitative estimate of drug-likeness (QED) is 0.576. The zero-order valence-corrected chi connectivity index (χ0v) is 8.01. The number of carbonyl (C=O) groups excluding carboxylic acids is 2. The fourth-order valence-corrected chi connectivity index (χ4v) is 1.42. The lowest BCUT2D eigenvalue weighted by Gasteiger charge is -2.07. The maximum atomic E-state index is 11.1. The lowest BCUT2D eigenvalue weighted by molar-refractivity contribution is -0.125. The average Bonchev–Trinajstić information content (AvgIpc) is 2.77. The van der Waals surface area contributed by atoms with Gasteiger partial charge in [-0.3, -0.25) is 19.6 Å². The van der Waals surface area contributed by atoms with Crippen LogP contribution in [0.4, 0.5) is 0 Å². The van der Waals surface area contributed by atoms with Crippen LogP contribution in [0.15, 0.2) is 12.4 Å². The first-order valence-corrected chi connectivity index (χ1v) is 4.67. The van der Waals surface area contributed by atoms with E-state index in [4.69, 9.17) is 0 Å². The molecule has 15 heavy (non-hydrogen) atoms.